The van der Waals surface area contributed by atoms with E-state index in [-0.39, 0.29) is 16.2 Å². The summed E-state index contributed by atoms with van der Waals surface area (Å²) in [6, 6.07) is 20.2. The highest BCUT2D eigenvalue weighted by Crippen LogP contribution is 2.28. The van der Waals surface area contributed by atoms with Crippen LogP contribution in [0.4, 0.5) is 5.69 Å². The molecule has 0 spiro atoms. The van der Waals surface area contributed by atoms with Crippen LogP contribution < -0.4 is 14.6 Å². The van der Waals surface area contributed by atoms with Gasteiger partial charge in [0.25, 0.3) is 10.0 Å². The quantitative estimate of drug-likeness (QED) is 0.662. The van der Waals surface area contributed by atoms with Gasteiger partial charge < -0.3 is 14.6 Å². The van der Waals surface area contributed by atoms with Crippen LogP contribution in [-0.4, -0.2) is 21.5 Å². The fourth-order valence-corrected chi connectivity index (χ4v) is 4.10. The summed E-state index contributed by atoms with van der Waals surface area (Å²) >= 11 is 0. The van der Waals surface area contributed by atoms with Crippen LogP contribution in [0, 0.1) is 0 Å². The number of nitrogens with one attached hydrogen (secondary N) is 1. The summed E-state index contributed by atoms with van der Waals surface area (Å²) in [5, 5.41) is 11.1. The van der Waals surface area contributed by atoms with Crippen molar-refractivity contribution in [3.63, 3.8) is 0 Å². The molecule has 0 bridgehead atoms. The molecule has 6 nitrogen and oxygen atoms in total. The van der Waals surface area contributed by atoms with E-state index in [1.54, 1.807) is 12.1 Å². The van der Waals surface area contributed by atoms with Gasteiger partial charge >= 0.3 is 0 Å². The van der Waals surface area contributed by atoms with Gasteiger partial charge in [0.05, 0.1) is 18.8 Å². The summed E-state index contributed by atoms with van der Waals surface area (Å²) in [7, 11) is -2.78. The number of hydrogen-bond donors (Lipinski definition) is 1. The molecule has 3 aromatic carbocycles. The lowest BCUT2D eigenvalue weighted by atomic mass is 10.0. The maximum atomic E-state index is 13.0. The lowest BCUT2D eigenvalue weighted by molar-refractivity contribution is -0.255. The van der Waals surface area contributed by atoms with Crippen molar-refractivity contribution in [2.24, 2.45) is 0 Å². The molecule has 0 aliphatic carbocycles. The Morgan fingerprint density at radius 2 is 1.68 bits per heavy atom. The summed E-state index contributed by atoms with van der Waals surface area (Å²) in [6.45, 7) is 0. The Morgan fingerprint density at radius 1 is 1.00 bits per heavy atom. The Bertz CT molecular complexity index is 1090. The minimum Gasteiger partial charge on any atom is -0.545 e. The van der Waals surface area contributed by atoms with Crippen molar-refractivity contribution in [1.82, 2.24) is 0 Å². The number of hydrogen-bond acceptors (Lipinski definition) is 5. The molecule has 0 unspecified atom stereocenters. The number of carboxylic acid groups (broad SMARTS) is 1. The minimum absolute atomic E-state index is 0.0399. The first-order chi connectivity index (χ1) is 13.4. The zero-order chi connectivity index (χ0) is 20.1. The molecule has 0 aliphatic heterocycles. The Balaban J connectivity index is 1.98. The van der Waals surface area contributed by atoms with Gasteiger partial charge in [-0.3, -0.25) is 4.72 Å². The van der Waals surface area contributed by atoms with E-state index in [4.69, 9.17) is 4.74 Å². The van der Waals surface area contributed by atoms with E-state index in [9.17, 15) is 18.3 Å². The fraction of sp³-hybridized carbons (Fsp3) is 0.0952. The predicted molar refractivity (Wildman–Crippen MR) is 104 cm³/mol. The number of carboxylic acids is 1. The third kappa shape index (κ3) is 4.32. The Hall–Kier alpha value is -3.32. The molecular formula is C21H18NO5S-. The summed E-state index contributed by atoms with van der Waals surface area (Å²) in [5.74, 6) is -1.43. The average molecular weight is 396 g/mol. The SMILES string of the molecule is COc1ccc(C(=O)[O-])cc1S(=O)(=O)Nc1ccccc1Cc1ccccc1. The summed E-state index contributed by atoms with van der Waals surface area (Å²) < 4.78 is 33.6. The normalized spacial score (nSPS) is 11.0. The molecule has 0 heterocycles. The van der Waals surface area contributed by atoms with Crippen molar-refractivity contribution >= 4 is 21.7 Å². The molecular weight excluding hydrogens is 378 g/mol. The van der Waals surface area contributed by atoms with Crippen LogP contribution in [0.5, 0.6) is 5.75 Å². The van der Waals surface area contributed by atoms with Crippen molar-refractivity contribution in [3.8, 4) is 5.75 Å². The minimum atomic E-state index is -4.09. The van der Waals surface area contributed by atoms with Gasteiger partial charge in [0.15, 0.2) is 0 Å². The number of ether oxygens (including phenoxy) is 1. The van der Waals surface area contributed by atoms with E-state index in [1.165, 1.54) is 19.2 Å². The molecule has 0 saturated heterocycles. The smallest absolute Gasteiger partial charge is 0.265 e. The second kappa shape index (κ2) is 8.14. The Morgan fingerprint density at radius 3 is 2.36 bits per heavy atom. The molecule has 0 aliphatic rings. The van der Waals surface area contributed by atoms with Crippen LogP contribution in [0.3, 0.4) is 0 Å². The first kappa shape index (κ1) is 19.4. The average Bonchev–Trinajstić information content (AvgIpc) is 2.69. The molecule has 0 saturated carbocycles. The van der Waals surface area contributed by atoms with Crippen LogP contribution >= 0.6 is 0 Å². The van der Waals surface area contributed by atoms with Crippen LogP contribution in [-0.2, 0) is 16.4 Å². The van der Waals surface area contributed by atoms with Gasteiger partial charge in [0, 0.05) is 0 Å². The number of para-hydroxylation sites is 1. The van der Waals surface area contributed by atoms with Gasteiger partial charge in [-0.15, -0.1) is 0 Å². The van der Waals surface area contributed by atoms with E-state index in [1.807, 2.05) is 42.5 Å². The number of methoxy groups -OCH3 is 1. The van der Waals surface area contributed by atoms with Gasteiger partial charge in [-0.1, -0.05) is 48.5 Å². The highest BCUT2D eigenvalue weighted by Gasteiger charge is 2.21. The topological polar surface area (TPSA) is 95.5 Å². The van der Waals surface area contributed by atoms with Gasteiger partial charge in [0.2, 0.25) is 0 Å². The number of carbonyl (C=O) groups excluding carboxylic acids is 1. The highest BCUT2D eigenvalue weighted by molar-refractivity contribution is 7.92. The molecule has 3 rings (SSSR count). The van der Waals surface area contributed by atoms with Gasteiger partial charge in [-0.25, -0.2) is 8.42 Å². The van der Waals surface area contributed by atoms with Crippen molar-refractivity contribution in [1.29, 1.82) is 0 Å². The third-order valence-corrected chi connectivity index (χ3v) is 5.57. The molecule has 0 atom stereocenters. The van der Waals surface area contributed by atoms with E-state index < -0.39 is 16.0 Å². The van der Waals surface area contributed by atoms with E-state index >= 15 is 0 Å². The van der Waals surface area contributed by atoms with Crippen LogP contribution in [0.25, 0.3) is 0 Å². The molecule has 144 valence electrons. The van der Waals surface area contributed by atoms with Gasteiger partial charge in [-0.2, -0.15) is 0 Å². The Labute approximate surface area is 163 Å². The maximum absolute atomic E-state index is 13.0. The van der Waals surface area contributed by atoms with Crippen molar-refractivity contribution < 1.29 is 23.1 Å². The second-order valence-corrected chi connectivity index (χ2v) is 7.73. The summed E-state index contributed by atoms with van der Waals surface area (Å²) in [5.41, 5.74) is 1.98. The molecule has 0 radical (unpaired) electrons. The largest absolute Gasteiger partial charge is 0.545 e. The molecule has 0 amide bonds. The summed E-state index contributed by atoms with van der Waals surface area (Å²) in [4.78, 5) is 10.9. The maximum Gasteiger partial charge on any atom is 0.265 e. The van der Waals surface area contributed by atoms with E-state index in [0.717, 1.165) is 17.2 Å². The first-order valence-corrected chi connectivity index (χ1v) is 9.93. The Kier molecular flexibility index (Phi) is 5.65. The standard InChI is InChI=1S/C21H19NO5S/c1-27-19-12-11-17(21(23)24)14-20(19)28(25,26)22-18-10-6-5-9-16(18)13-15-7-3-2-4-8-15/h2-12,14,22H,13H2,1H3,(H,23,24)/p-1. The molecule has 7 heteroatoms. The van der Waals surface area contributed by atoms with Gasteiger partial charge in [0.1, 0.15) is 10.6 Å². The highest BCUT2D eigenvalue weighted by atomic mass is 32.2. The number of rotatable bonds is 7. The van der Waals surface area contributed by atoms with Gasteiger partial charge in [-0.05, 0) is 47.4 Å². The number of carbonyl (C=O) groups is 1. The lowest BCUT2D eigenvalue weighted by Crippen LogP contribution is -2.23. The lowest BCUT2D eigenvalue weighted by Gasteiger charge is -2.16. The van der Waals surface area contributed by atoms with E-state index in [2.05, 4.69) is 4.72 Å². The predicted octanol–water partition coefficient (Wildman–Crippen LogP) is 2.45. The number of anilines is 1. The number of aromatic carboxylic acids is 1. The number of sulfonamides is 1. The second-order valence-electron chi connectivity index (χ2n) is 6.08. The van der Waals surface area contributed by atoms with Crippen molar-refractivity contribution in [2.45, 2.75) is 11.3 Å². The molecule has 0 fully saturated rings. The third-order valence-electron chi connectivity index (χ3n) is 4.19. The summed E-state index contributed by atoms with van der Waals surface area (Å²) in [6.07, 6.45) is 0.537. The van der Waals surface area contributed by atoms with E-state index in [0.29, 0.717) is 12.1 Å². The van der Waals surface area contributed by atoms with Crippen molar-refractivity contribution in [2.75, 3.05) is 11.8 Å². The monoisotopic (exact) mass is 396 g/mol. The van der Waals surface area contributed by atoms with Crippen LogP contribution in [0.15, 0.2) is 77.7 Å². The van der Waals surface area contributed by atoms with Crippen LogP contribution in [0.1, 0.15) is 21.5 Å². The number of benzene rings is 3. The fourth-order valence-electron chi connectivity index (χ4n) is 2.80. The molecule has 3 aromatic rings. The zero-order valence-electron chi connectivity index (χ0n) is 15.1. The van der Waals surface area contributed by atoms with Crippen molar-refractivity contribution in [3.05, 3.63) is 89.5 Å². The molecule has 0 aromatic heterocycles. The first-order valence-electron chi connectivity index (χ1n) is 8.45. The molecule has 28 heavy (non-hydrogen) atoms. The van der Waals surface area contributed by atoms with Crippen LogP contribution in [0.2, 0.25) is 0 Å². The zero-order valence-corrected chi connectivity index (χ0v) is 15.9. The molecule has 1 N–H and O–H groups in total.